The van der Waals surface area contributed by atoms with Crippen LogP contribution in [0.25, 0.3) is 0 Å². The topological polar surface area (TPSA) is 117 Å². The number of methoxy groups -OCH3 is 2. The van der Waals surface area contributed by atoms with Crippen molar-refractivity contribution in [2.45, 2.75) is 6.42 Å². The first kappa shape index (κ1) is 18.9. The summed E-state index contributed by atoms with van der Waals surface area (Å²) in [5.41, 5.74) is 14.3. The molecule has 0 fully saturated rings. The van der Waals surface area contributed by atoms with Crippen molar-refractivity contribution >= 4 is 11.8 Å². The molecule has 0 aliphatic rings. The summed E-state index contributed by atoms with van der Waals surface area (Å²) in [5.74, 6) is 7.63. The summed E-state index contributed by atoms with van der Waals surface area (Å²) in [7, 11) is 3.11. The molecule has 0 unspecified atom stereocenters. The number of nitrogens with two attached hydrogens (primary N) is 2. The van der Waals surface area contributed by atoms with E-state index in [0.717, 1.165) is 11.1 Å². The van der Waals surface area contributed by atoms with Crippen LogP contribution >= 0.6 is 0 Å². The molecule has 0 radical (unpaired) electrons. The maximum Gasteiger partial charge on any atom is 0.221 e. The summed E-state index contributed by atoms with van der Waals surface area (Å²) >= 11 is 0. The zero-order chi connectivity index (χ0) is 20.1. The van der Waals surface area contributed by atoms with Crippen molar-refractivity contribution in [3.63, 3.8) is 0 Å². The summed E-state index contributed by atoms with van der Waals surface area (Å²) < 4.78 is 10.9. The molecule has 2 aromatic carbocycles. The second kappa shape index (κ2) is 8.18. The highest BCUT2D eigenvalue weighted by molar-refractivity contribution is 5.60. The molecule has 1 aromatic heterocycles. The van der Waals surface area contributed by atoms with E-state index in [2.05, 4.69) is 21.8 Å². The normalized spacial score (nSPS) is 10.1. The van der Waals surface area contributed by atoms with E-state index in [-0.39, 0.29) is 11.7 Å². The van der Waals surface area contributed by atoms with E-state index in [9.17, 15) is 5.11 Å². The van der Waals surface area contributed by atoms with Gasteiger partial charge in [0.25, 0.3) is 0 Å². The van der Waals surface area contributed by atoms with Crippen molar-refractivity contribution in [2.24, 2.45) is 0 Å². The number of para-hydroxylation sites is 1. The minimum Gasteiger partial charge on any atom is -0.507 e. The Labute approximate surface area is 163 Å². The number of aromatic nitrogens is 2. The van der Waals surface area contributed by atoms with Crippen molar-refractivity contribution in [3.05, 3.63) is 64.8 Å². The third-order valence-corrected chi connectivity index (χ3v) is 4.09. The quantitative estimate of drug-likeness (QED) is 0.598. The lowest BCUT2D eigenvalue weighted by molar-refractivity contribution is 0.354. The summed E-state index contributed by atoms with van der Waals surface area (Å²) in [6.45, 7) is 0. The standard InChI is InChI=1S/C21H20N4O3/c1-27-18-11-13(10-16-12-24-21(23)25-20(16)22)9-15(19(18)28-2)8-7-14-5-3-4-6-17(14)26/h3-6,9,11-12,26H,10H2,1-2H3,(H4,22,23,24,25). The van der Waals surface area contributed by atoms with Gasteiger partial charge in [-0.05, 0) is 29.8 Å². The number of phenolic OH excluding ortho intramolecular Hbond substituents is 1. The molecular weight excluding hydrogens is 356 g/mol. The molecule has 0 aliphatic carbocycles. The Morgan fingerprint density at radius 1 is 1.04 bits per heavy atom. The second-order valence-electron chi connectivity index (χ2n) is 5.96. The van der Waals surface area contributed by atoms with E-state index in [4.69, 9.17) is 20.9 Å². The highest BCUT2D eigenvalue weighted by atomic mass is 16.5. The minimum absolute atomic E-state index is 0.115. The molecule has 0 bridgehead atoms. The third-order valence-electron chi connectivity index (χ3n) is 4.09. The molecule has 0 aliphatic heterocycles. The number of anilines is 2. The van der Waals surface area contributed by atoms with E-state index in [1.807, 2.05) is 18.2 Å². The van der Waals surface area contributed by atoms with Gasteiger partial charge in [0, 0.05) is 18.2 Å². The first-order chi connectivity index (χ1) is 13.5. The first-order valence-corrected chi connectivity index (χ1v) is 8.43. The molecule has 3 rings (SSSR count). The predicted octanol–water partition coefficient (Wildman–Crippen LogP) is 2.35. The SMILES string of the molecule is COc1cc(Cc2cnc(N)nc2N)cc(C#Cc2ccccc2O)c1OC. The van der Waals surface area contributed by atoms with E-state index >= 15 is 0 Å². The van der Waals surface area contributed by atoms with Gasteiger partial charge < -0.3 is 26.0 Å². The first-order valence-electron chi connectivity index (χ1n) is 8.43. The van der Waals surface area contributed by atoms with Crippen LogP contribution in [-0.2, 0) is 6.42 Å². The fraction of sp³-hybridized carbons (Fsp3) is 0.143. The van der Waals surface area contributed by atoms with Crippen LogP contribution in [-0.4, -0.2) is 29.3 Å². The number of ether oxygens (including phenoxy) is 2. The van der Waals surface area contributed by atoms with Gasteiger partial charge in [-0.25, -0.2) is 4.98 Å². The molecule has 7 heteroatoms. The molecule has 0 spiro atoms. The minimum atomic E-state index is 0.115. The lowest BCUT2D eigenvalue weighted by atomic mass is 10.0. The van der Waals surface area contributed by atoms with Crippen LogP contribution < -0.4 is 20.9 Å². The van der Waals surface area contributed by atoms with Gasteiger partial charge in [0.05, 0.1) is 25.3 Å². The Kier molecular flexibility index (Phi) is 5.51. The zero-order valence-corrected chi connectivity index (χ0v) is 15.6. The van der Waals surface area contributed by atoms with Crippen molar-refractivity contribution < 1.29 is 14.6 Å². The largest absolute Gasteiger partial charge is 0.507 e. The number of hydrogen-bond acceptors (Lipinski definition) is 7. The Morgan fingerprint density at radius 3 is 2.46 bits per heavy atom. The number of benzene rings is 2. The third kappa shape index (κ3) is 4.07. The van der Waals surface area contributed by atoms with Crippen LogP contribution in [0.1, 0.15) is 22.3 Å². The number of rotatable bonds is 4. The number of phenols is 1. The van der Waals surface area contributed by atoms with E-state index < -0.39 is 0 Å². The van der Waals surface area contributed by atoms with Gasteiger partial charge >= 0.3 is 0 Å². The van der Waals surface area contributed by atoms with E-state index in [1.165, 1.54) is 0 Å². The number of nitrogens with zero attached hydrogens (tertiary/aromatic N) is 2. The summed E-state index contributed by atoms with van der Waals surface area (Å²) in [4.78, 5) is 7.98. The van der Waals surface area contributed by atoms with Crippen LogP contribution in [0.2, 0.25) is 0 Å². The number of hydrogen-bond donors (Lipinski definition) is 3. The molecule has 7 nitrogen and oxygen atoms in total. The monoisotopic (exact) mass is 376 g/mol. The molecule has 3 aromatic rings. The van der Waals surface area contributed by atoms with Gasteiger partial charge in [-0.15, -0.1) is 0 Å². The van der Waals surface area contributed by atoms with Gasteiger partial charge in [0.15, 0.2) is 11.5 Å². The van der Waals surface area contributed by atoms with Gasteiger partial charge in [-0.3, -0.25) is 0 Å². The van der Waals surface area contributed by atoms with Crippen molar-refractivity contribution in [2.75, 3.05) is 25.7 Å². The van der Waals surface area contributed by atoms with Crippen molar-refractivity contribution in [1.29, 1.82) is 0 Å². The van der Waals surface area contributed by atoms with Crippen LogP contribution in [0.15, 0.2) is 42.6 Å². The molecule has 142 valence electrons. The number of nitrogen functional groups attached to an aromatic ring is 2. The van der Waals surface area contributed by atoms with Gasteiger partial charge in [0.1, 0.15) is 11.6 Å². The van der Waals surface area contributed by atoms with Crippen molar-refractivity contribution in [1.82, 2.24) is 9.97 Å². The average Bonchev–Trinajstić information content (AvgIpc) is 2.69. The van der Waals surface area contributed by atoms with Crippen LogP contribution in [0.5, 0.6) is 17.2 Å². The summed E-state index contributed by atoms with van der Waals surface area (Å²) in [5, 5.41) is 9.92. The molecule has 0 amide bonds. The smallest absolute Gasteiger partial charge is 0.221 e. The fourth-order valence-electron chi connectivity index (χ4n) is 2.72. The van der Waals surface area contributed by atoms with Gasteiger partial charge in [0.2, 0.25) is 5.95 Å². The highest BCUT2D eigenvalue weighted by Crippen LogP contribution is 2.33. The van der Waals surface area contributed by atoms with E-state index in [1.54, 1.807) is 38.6 Å². The molecule has 0 atom stereocenters. The predicted molar refractivity (Wildman–Crippen MR) is 107 cm³/mol. The zero-order valence-electron chi connectivity index (χ0n) is 15.6. The van der Waals surface area contributed by atoms with Gasteiger partial charge in [-0.1, -0.05) is 24.0 Å². The van der Waals surface area contributed by atoms with Crippen LogP contribution in [0.3, 0.4) is 0 Å². The maximum absolute atomic E-state index is 9.92. The highest BCUT2D eigenvalue weighted by Gasteiger charge is 2.13. The Balaban J connectivity index is 2.04. The summed E-state index contributed by atoms with van der Waals surface area (Å²) in [6, 6.07) is 10.6. The van der Waals surface area contributed by atoms with Gasteiger partial charge in [-0.2, -0.15) is 4.98 Å². The summed E-state index contributed by atoms with van der Waals surface area (Å²) in [6.07, 6.45) is 2.07. The lowest BCUT2D eigenvalue weighted by Gasteiger charge is -2.13. The molecule has 1 heterocycles. The van der Waals surface area contributed by atoms with Crippen LogP contribution in [0.4, 0.5) is 11.8 Å². The molecule has 0 saturated carbocycles. The Hall–Kier alpha value is -3.92. The molecule has 0 saturated heterocycles. The fourth-order valence-corrected chi connectivity index (χ4v) is 2.72. The molecule has 28 heavy (non-hydrogen) atoms. The van der Waals surface area contributed by atoms with Crippen molar-refractivity contribution in [3.8, 4) is 29.1 Å². The average molecular weight is 376 g/mol. The Morgan fingerprint density at radius 2 is 1.79 bits per heavy atom. The molecule has 5 N–H and O–H groups in total. The maximum atomic E-state index is 9.92. The van der Waals surface area contributed by atoms with Crippen LogP contribution in [0, 0.1) is 11.8 Å². The number of aromatic hydroxyl groups is 1. The lowest BCUT2D eigenvalue weighted by Crippen LogP contribution is -2.04. The van der Waals surface area contributed by atoms with E-state index in [0.29, 0.717) is 34.9 Å². The molecular formula is C21H20N4O3. The second-order valence-corrected chi connectivity index (χ2v) is 5.96. The Bertz CT molecular complexity index is 1070.